The summed E-state index contributed by atoms with van der Waals surface area (Å²) >= 11 is 1.22. The van der Waals surface area contributed by atoms with E-state index in [2.05, 4.69) is 4.98 Å². The molecule has 0 radical (unpaired) electrons. The topological polar surface area (TPSA) is 72.6 Å². The van der Waals surface area contributed by atoms with Crippen LogP contribution in [-0.4, -0.2) is 18.0 Å². The van der Waals surface area contributed by atoms with Crippen molar-refractivity contribution in [3.8, 4) is 5.75 Å². The van der Waals surface area contributed by atoms with Gasteiger partial charge in [0.15, 0.2) is 10.6 Å². The van der Waals surface area contributed by atoms with Crippen molar-refractivity contribution in [3.63, 3.8) is 0 Å². The number of halogens is 1. The van der Waals surface area contributed by atoms with E-state index >= 15 is 0 Å². The van der Waals surface area contributed by atoms with Gasteiger partial charge in [-0.2, -0.15) is 0 Å². The number of amides is 1. The Morgan fingerprint density at radius 2 is 2.03 bits per heavy atom. The van der Waals surface area contributed by atoms with Gasteiger partial charge in [-0.3, -0.25) is 14.5 Å². The van der Waals surface area contributed by atoms with Crippen molar-refractivity contribution in [2.75, 3.05) is 12.0 Å². The average Bonchev–Trinajstić information content (AvgIpc) is 3.35. The molecule has 0 spiro atoms. The highest BCUT2D eigenvalue weighted by molar-refractivity contribution is 7.13. The Balaban J connectivity index is 1.84. The lowest BCUT2D eigenvalue weighted by atomic mass is 9.98. The lowest BCUT2D eigenvalue weighted by Crippen LogP contribution is -2.29. The first-order chi connectivity index (χ1) is 14.1. The summed E-state index contributed by atoms with van der Waals surface area (Å²) in [6, 6.07) is 9.87. The van der Waals surface area contributed by atoms with Gasteiger partial charge in [0.1, 0.15) is 23.2 Å². The molecule has 0 bridgehead atoms. The molecule has 0 saturated carbocycles. The summed E-state index contributed by atoms with van der Waals surface area (Å²) in [4.78, 5) is 32.1. The van der Waals surface area contributed by atoms with Crippen LogP contribution in [0.25, 0.3) is 11.0 Å². The quantitative estimate of drug-likeness (QED) is 0.509. The lowest BCUT2D eigenvalue weighted by Gasteiger charge is -2.22. The van der Waals surface area contributed by atoms with Crippen LogP contribution in [0.3, 0.4) is 0 Å². The number of benzene rings is 2. The number of rotatable bonds is 3. The molecule has 3 heterocycles. The van der Waals surface area contributed by atoms with Gasteiger partial charge in [0.25, 0.3) is 5.91 Å². The molecule has 1 aliphatic heterocycles. The van der Waals surface area contributed by atoms with Crippen molar-refractivity contribution in [1.29, 1.82) is 0 Å². The number of thiazole rings is 1. The van der Waals surface area contributed by atoms with Crippen LogP contribution in [0.1, 0.15) is 27.7 Å². The largest absolute Gasteiger partial charge is 0.497 e. The Morgan fingerprint density at radius 3 is 2.76 bits per heavy atom. The minimum Gasteiger partial charge on any atom is -0.497 e. The van der Waals surface area contributed by atoms with Gasteiger partial charge in [-0.1, -0.05) is 18.2 Å². The molecule has 8 heteroatoms. The first-order valence-corrected chi connectivity index (χ1v) is 9.60. The number of hydrogen-bond donors (Lipinski definition) is 0. The molecule has 0 N–H and O–H groups in total. The fourth-order valence-corrected chi connectivity index (χ4v) is 4.27. The highest BCUT2D eigenvalue weighted by atomic mass is 32.1. The number of ether oxygens (including phenoxy) is 1. The number of methoxy groups -OCH3 is 1. The molecule has 1 atom stereocenters. The van der Waals surface area contributed by atoms with Gasteiger partial charge in [-0.25, -0.2) is 9.37 Å². The van der Waals surface area contributed by atoms with Crippen LogP contribution < -0.4 is 15.1 Å². The summed E-state index contributed by atoms with van der Waals surface area (Å²) in [5.41, 5.74) is 0.155. The Bertz CT molecular complexity index is 1320. The van der Waals surface area contributed by atoms with Crippen LogP contribution in [0.5, 0.6) is 5.75 Å². The predicted octanol–water partition coefficient (Wildman–Crippen LogP) is 4.15. The monoisotopic (exact) mass is 408 g/mol. The number of hydrogen-bond acceptors (Lipinski definition) is 6. The van der Waals surface area contributed by atoms with E-state index in [0.717, 1.165) is 0 Å². The van der Waals surface area contributed by atoms with E-state index in [-0.39, 0.29) is 27.9 Å². The molecule has 0 unspecified atom stereocenters. The molecule has 5 rings (SSSR count). The Morgan fingerprint density at radius 1 is 1.21 bits per heavy atom. The van der Waals surface area contributed by atoms with Gasteiger partial charge in [0.2, 0.25) is 5.76 Å². The van der Waals surface area contributed by atoms with Crippen molar-refractivity contribution >= 4 is 33.3 Å². The van der Waals surface area contributed by atoms with Crippen molar-refractivity contribution in [1.82, 2.24) is 4.98 Å². The molecule has 1 aliphatic rings. The Kier molecular flexibility index (Phi) is 3.95. The molecular weight excluding hydrogens is 395 g/mol. The second-order valence-corrected chi connectivity index (χ2v) is 7.32. The maximum Gasteiger partial charge on any atom is 0.297 e. The third-order valence-corrected chi connectivity index (χ3v) is 5.68. The molecule has 0 saturated heterocycles. The molecule has 0 fully saturated rings. The van der Waals surface area contributed by atoms with Gasteiger partial charge < -0.3 is 9.15 Å². The molecule has 6 nitrogen and oxygen atoms in total. The molecule has 1 amide bonds. The second kappa shape index (κ2) is 6.52. The third-order valence-electron chi connectivity index (χ3n) is 4.90. The van der Waals surface area contributed by atoms with Gasteiger partial charge in [0, 0.05) is 23.2 Å². The highest BCUT2D eigenvalue weighted by Gasteiger charge is 2.45. The molecule has 0 aliphatic carbocycles. The maximum atomic E-state index is 14.7. The number of carbonyl (C=O) groups is 1. The molecule has 144 valence electrons. The van der Waals surface area contributed by atoms with Gasteiger partial charge in [-0.15, -0.1) is 11.3 Å². The van der Waals surface area contributed by atoms with E-state index in [1.807, 2.05) is 0 Å². The van der Waals surface area contributed by atoms with E-state index in [9.17, 15) is 14.0 Å². The number of fused-ring (bicyclic) bond motifs is 2. The van der Waals surface area contributed by atoms with Crippen LogP contribution in [-0.2, 0) is 0 Å². The van der Waals surface area contributed by atoms with Crippen molar-refractivity contribution in [2.45, 2.75) is 6.04 Å². The van der Waals surface area contributed by atoms with Gasteiger partial charge >= 0.3 is 0 Å². The van der Waals surface area contributed by atoms with Crippen LogP contribution in [0.15, 0.2) is 63.3 Å². The Labute approximate surface area is 167 Å². The number of nitrogens with zero attached hydrogens (tertiary/aromatic N) is 2. The second-order valence-electron chi connectivity index (χ2n) is 6.45. The zero-order valence-electron chi connectivity index (χ0n) is 15.1. The van der Waals surface area contributed by atoms with E-state index in [4.69, 9.17) is 9.15 Å². The number of aromatic nitrogens is 1. The zero-order valence-corrected chi connectivity index (χ0v) is 15.9. The van der Waals surface area contributed by atoms with Crippen LogP contribution in [0.2, 0.25) is 0 Å². The summed E-state index contributed by atoms with van der Waals surface area (Å²) in [5.74, 6) is -0.674. The SMILES string of the molecule is COc1ccc2c(=O)c3c(oc2c1)C(=O)N(c1nccs1)[C@@H]3c1ccccc1F. The first kappa shape index (κ1) is 17.6. The van der Waals surface area contributed by atoms with E-state index in [0.29, 0.717) is 16.3 Å². The van der Waals surface area contributed by atoms with Crippen molar-refractivity contribution in [2.24, 2.45) is 0 Å². The first-order valence-electron chi connectivity index (χ1n) is 8.72. The molecule has 2 aromatic heterocycles. The number of carbonyl (C=O) groups excluding carboxylic acids is 1. The minimum atomic E-state index is -0.965. The van der Waals surface area contributed by atoms with E-state index in [1.165, 1.54) is 29.4 Å². The summed E-state index contributed by atoms with van der Waals surface area (Å²) < 4.78 is 25.7. The Hall–Kier alpha value is -3.52. The van der Waals surface area contributed by atoms with Crippen molar-refractivity contribution in [3.05, 3.63) is 87.0 Å². The summed E-state index contributed by atoms with van der Waals surface area (Å²) in [5, 5.41) is 2.36. The zero-order chi connectivity index (χ0) is 20.1. The summed E-state index contributed by atoms with van der Waals surface area (Å²) in [6.45, 7) is 0. The van der Waals surface area contributed by atoms with Crippen LogP contribution in [0.4, 0.5) is 9.52 Å². The third kappa shape index (κ3) is 2.56. The average molecular weight is 408 g/mol. The minimum absolute atomic E-state index is 0.105. The standard InChI is InChI=1S/C21H13FN2O4S/c1-27-11-6-7-13-15(10-11)28-19-16(18(13)25)17(12-4-2-3-5-14(12)22)24(20(19)26)21-23-8-9-29-21/h2-10,17H,1H3/t17-/m1/s1. The van der Waals surface area contributed by atoms with Crippen LogP contribution in [0, 0.1) is 5.82 Å². The van der Waals surface area contributed by atoms with E-state index in [1.54, 1.807) is 48.0 Å². The fourth-order valence-electron chi connectivity index (χ4n) is 3.60. The van der Waals surface area contributed by atoms with E-state index < -0.39 is 17.8 Å². The fraction of sp³-hybridized carbons (Fsp3) is 0.0952. The normalized spacial score (nSPS) is 15.7. The summed E-state index contributed by atoms with van der Waals surface area (Å²) in [6.07, 6.45) is 1.55. The number of anilines is 1. The molecule has 4 aromatic rings. The maximum absolute atomic E-state index is 14.7. The highest BCUT2D eigenvalue weighted by Crippen LogP contribution is 2.42. The van der Waals surface area contributed by atoms with Gasteiger partial charge in [-0.05, 0) is 18.2 Å². The summed E-state index contributed by atoms with van der Waals surface area (Å²) in [7, 11) is 1.50. The molecule has 2 aromatic carbocycles. The predicted molar refractivity (Wildman–Crippen MR) is 106 cm³/mol. The lowest BCUT2D eigenvalue weighted by molar-refractivity contribution is 0.0970. The smallest absolute Gasteiger partial charge is 0.297 e. The molecular formula is C21H13FN2O4S. The van der Waals surface area contributed by atoms with Crippen LogP contribution >= 0.6 is 11.3 Å². The van der Waals surface area contributed by atoms with Crippen molar-refractivity contribution < 1.29 is 18.3 Å². The molecule has 29 heavy (non-hydrogen) atoms. The van der Waals surface area contributed by atoms with Gasteiger partial charge in [0.05, 0.1) is 18.1 Å².